The molecule has 1 N–H and O–H groups in total. The molecule has 1 fully saturated rings. The molecule has 42 heavy (non-hydrogen) atoms. The van der Waals surface area contributed by atoms with Gasteiger partial charge in [0.25, 0.3) is 5.60 Å². The van der Waals surface area contributed by atoms with Crippen molar-refractivity contribution in [3.63, 3.8) is 0 Å². The van der Waals surface area contributed by atoms with Crippen LogP contribution in [-0.4, -0.2) is 47.6 Å². The summed E-state index contributed by atoms with van der Waals surface area (Å²) in [6.07, 6.45) is 9.03. The summed E-state index contributed by atoms with van der Waals surface area (Å²) < 4.78 is 58.6. The van der Waals surface area contributed by atoms with Gasteiger partial charge in [0.15, 0.2) is 6.10 Å². The summed E-state index contributed by atoms with van der Waals surface area (Å²) in [7, 11) is 0.789. The molecule has 0 unspecified atom stereocenters. The number of cyclic esters (lactones) is 1. The fraction of sp³-hybridized carbons (Fsp3) is 0.758. The van der Waals surface area contributed by atoms with Crippen LogP contribution < -0.4 is 0 Å². The Balaban J connectivity index is 1.88. The molecule has 9 heteroatoms. The average Bonchev–Trinajstić information content (AvgIpc) is 3.18. The van der Waals surface area contributed by atoms with Gasteiger partial charge in [-0.05, 0) is 20.3 Å². The van der Waals surface area contributed by atoms with E-state index in [1.807, 2.05) is 0 Å². The van der Waals surface area contributed by atoms with Gasteiger partial charge in [0.1, 0.15) is 5.60 Å². The standard InChI is InChI=1S/C33H51F3O6/c1-5-6-7-8-9-10-11-12-13-14-15-16-20-23-30(2,39)25-31(3)27(24-28(37)42-31)41-29(38)32(40-4,33(34,35)36)26-21-18-17-19-22-26/h17-19,21-22,27,39H,5-16,20,23-25H2,1-4H3/t27-,30+,31-,32+/m0/s1. The third-order valence-corrected chi connectivity index (χ3v) is 8.35. The monoisotopic (exact) mass is 600 g/mol. The molecule has 1 aromatic rings. The molecule has 1 aliphatic heterocycles. The summed E-state index contributed by atoms with van der Waals surface area (Å²) in [5.74, 6) is -2.39. The molecule has 1 heterocycles. The van der Waals surface area contributed by atoms with Crippen molar-refractivity contribution >= 4 is 11.9 Å². The number of hydrogen-bond donors (Lipinski definition) is 1. The highest BCUT2D eigenvalue weighted by Crippen LogP contribution is 2.45. The van der Waals surface area contributed by atoms with E-state index in [1.54, 1.807) is 6.92 Å². The minimum Gasteiger partial charge on any atom is -0.455 e. The molecule has 0 spiro atoms. The Kier molecular flexibility index (Phi) is 14.3. The van der Waals surface area contributed by atoms with E-state index in [-0.39, 0.29) is 6.42 Å². The molecular weight excluding hydrogens is 549 g/mol. The largest absolute Gasteiger partial charge is 0.455 e. The highest BCUT2D eigenvalue weighted by molar-refractivity contribution is 5.84. The molecule has 1 aromatic carbocycles. The van der Waals surface area contributed by atoms with Crippen molar-refractivity contribution < 1.29 is 42.1 Å². The van der Waals surface area contributed by atoms with Crippen LogP contribution in [0.25, 0.3) is 0 Å². The number of hydrogen-bond acceptors (Lipinski definition) is 6. The highest BCUT2D eigenvalue weighted by Gasteiger charge is 2.65. The number of unbranched alkanes of at least 4 members (excludes halogenated alkanes) is 12. The number of carbonyl (C=O) groups excluding carboxylic acids is 2. The summed E-state index contributed by atoms with van der Waals surface area (Å²) in [5, 5.41) is 11.1. The zero-order valence-corrected chi connectivity index (χ0v) is 25.9. The van der Waals surface area contributed by atoms with Gasteiger partial charge in [0.2, 0.25) is 0 Å². The van der Waals surface area contributed by atoms with Gasteiger partial charge in [-0.25, -0.2) is 4.79 Å². The zero-order valence-electron chi connectivity index (χ0n) is 25.9. The third-order valence-electron chi connectivity index (χ3n) is 8.35. The Labute approximate surface area is 249 Å². The molecule has 240 valence electrons. The lowest BCUT2D eigenvalue weighted by Gasteiger charge is -2.38. The van der Waals surface area contributed by atoms with Crippen molar-refractivity contribution in [1.29, 1.82) is 0 Å². The second-order valence-electron chi connectivity index (χ2n) is 12.3. The smallest absolute Gasteiger partial charge is 0.432 e. The second kappa shape index (κ2) is 16.6. The van der Waals surface area contributed by atoms with Gasteiger partial charge in [-0.3, -0.25) is 4.79 Å². The van der Waals surface area contributed by atoms with Crippen LogP contribution in [0, 0.1) is 0 Å². The number of benzene rings is 1. The maximum atomic E-state index is 14.3. The number of rotatable bonds is 20. The molecule has 0 radical (unpaired) electrons. The molecule has 4 atom stereocenters. The Morgan fingerprint density at radius 1 is 0.952 bits per heavy atom. The molecule has 1 aliphatic rings. The van der Waals surface area contributed by atoms with Crippen LogP contribution in [0.5, 0.6) is 0 Å². The van der Waals surface area contributed by atoms with Gasteiger partial charge in [-0.2, -0.15) is 13.2 Å². The van der Waals surface area contributed by atoms with E-state index < -0.39 is 53.0 Å². The van der Waals surface area contributed by atoms with Gasteiger partial charge in [-0.1, -0.05) is 121 Å². The number of methoxy groups -OCH3 is 1. The third kappa shape index (κ3) is 10.2. The number of alkyl halides is 3. The van der Waals surface area contributed by atoms with E-state index in [9.17, 15) is 27.9 Å². The lowest BCUT2D eigenvalue weighted by atomic mass is 9.82. The summed E-state index contributed by atoms with van der Waals surface area (Å²) in [6.45, 7) is 5.33. The molecule has 1 saturated heterocycles. The Hall–Kier alpha value is -2.13. The minimum atomic E-state index is -5.14. The van der Waals surface area contributed by atoms with Crippen molar-refractivity contribution in [2.75, 3.05) is 7.11 Å². The van der Waals surface area contributed by atoms with E-state index >= 15 is 0 Å². The van der Waals surface area contributed by atoms with Gasteiger partial charge >= 0.3 is 18.1 Å². The molecular formula is C33H51F3O6. The first-order valence-corrected chi connectivity index (χ1v) is 15.6. The molecule has 0 amide bonds. The summed E-state index contributed by atoms with van der Waals surface area (Å²) in [5.41, 5.74) is -6.58. The van der Waals surface area contributed by atoms with E-state index in [2.05, 4.69) is 6.92 Å². The van der Waals surface area contributed by atoms with Crippen LogP contribution >= 0.6 is 0 Å². The van der Waals surface area contributed by atoms with Crippen LogP contribution in [0.4, 0.5) is 13.2 Å². The van der Waals surface area contributed by atoms with Crippen LogP contribution in [-0.2, 0) is 29.4 Å². The summed E-state index contributed by atoms with van der Waals surface area (Å²) >= 11 is 0. The van der Waals surface area contributed by atoms with E-state index in [1.165, 1.54) is 82.9 Å². The Morgan fingerprint density at radius 3 is 1.93 bits per heavy atom. The van der Waals surface area contributed by atoms with Crippen LogP contribution in [0.1, 0.15) is 129 Å². The summed E-state index contributed by atoms with van der Waals surface area (Å²) in [4.78, 5) is 25.4. The first-order chi connectivity index (χ1) is 19.8. The normalized spacial score (nSPS) is 21.9. The SMILES string of the molecule is CCCCCCCCCCCCCCC[C@@](C)(O)C[C@]1(C)OC(=O)C[C@@H]1OC(=O)[C@](OC)(c1ccccc1)C(F)(F)F. The van der Waals surface area contributed by atoms with Crippen LogP contribution in [0.3, 0.4) is 0 Å². The van der Waals surface area contributed by atoms with Crippen molar-refractivity contribution in [3.8, 4) is 0 Å². The Morgan fingerprint density at radius 2 is 1.45 bits per heavy atom. The molecule has 0 bridgehead atoms. The van der Waals surface area contributed by atoms with Gasteiger partial charge in [-0.15, -0.1) is 0 Å². The van der Waals surface area contributed by atoms with Crippen molar-refractivity contribution in [2.45, 2.75) is 153 Å². The number of ether oxygens (including phenoxy) is 3. The molecule has 0 aliphatic carbocycles. The quantitative estimate of drug-likeness (QED) is 0.120. The van der Waals surface area contributed by atoms with E-state index in [4.69, 9.17) is 14.2 Å². The molecule has 0 saturated carbocycles. The van der Waals surface area contributed by atoms with Crippen LogP contribution in [0.2, 0.25) is 0 Å². The van der Waals surface area contributed by atoms with Crippen LogP contribution in [0.15, 0.2) is 30.3 Å². The minimum absolute atomic E-state index is 0.0840. The number of aliphatic hydroxyl groups is 1. The Bertz CT molecular complexity index is 951. The molecule has 2 rings (SSSR count). The fourth-order valence-corrected chi connectivity index (χ4v) is 6.02. The lowest BCUT2D eigenvalue weighted by molar-refractivity contribution is -0.280. The van der Waals surface area contributed by atoms with Gasteiger partial charge in [0, 0.05) is 19.1 Å². The fourth-order valence-electron chi connectivity index (χ4n) is 6.02. The molecule has 6 nitrogen and oxygen atoms in total. The van der Waals surface area contributed by atoms with E-state index in [0.29, 0.717) is 6.42 Å². The van der Waals surface area contributed by atoms with Gasteiger partial charge < -0.3 is 19.3 Å². The predicted molar refractivity (Wildman–Crippen MR) is 156 cm³/mol. The average molecular weight is 601 g/mol. The zero-order chi connectivity index (χ0) is 31.3. The first kappa shape index (κ1) is 36.1. The van der Waals surface area contributed by atoms with Crippen molar-refractivity contribution in [1.82, 2.24) is 0 Å². The highest BCUT2D eigenvalue weighted by atomic mass is 19.4. The second-order valence-corrected chi connectivity index (χ2v) is 12.3. The van der Waals surface area contributed by atoms with Crippen molar-refractivity contribution in [2.24, 2.45) is 0 Å². The lowest BCUT2D eigenvalue weighted by Crippen LogP contribution is -2.54. The maximum absolute atomic E-state index is 14.3. The summed E-state index contributed by atoms with van der Waals surface area (Å²) in [6, 6.07) is 6.51. The topological polar surface area (TPSA) is 82.1 Å². The van der Waals surface area contributed by atoms with E-state index in [0.717, 1.165) is 44.9 Å². The predicted octanol–water partition coefficient (Wildman–Crippen LogP) is 8.33. The van der Waals surface area contributed by atoms with Crippen molar-refractivity contribution in [3.05, 3.63) is 35.9 Å². The maximum Gasteiger partial charge on any atom is 0.432 e. The first-order valence-electron chi connectivity index (χ1n) is 15.6. The number of halogens is 3. The van der Waals surface area contributed by atoms with Gasteiger partial charge in [0.05, 0.1) is 12.0 Å². The number of esters is 2. The molecule has 0 aromatic heterocycles. The number of carbonyl (C=O) groups is 2.